The summed E-state index contributed by atoms with van der Waals surface area (Å²) in [6.45, 7) is 1.69. The van der Waals surface area contributed by atoms with E-state index in [0.717, 1.165) is 42.7 Å². The maximum absolute atomic E-state index is 13.3. The molecule has 0 radical (unpaired) electrons. The van der Waals surface area contributed by atoms with Crippen LogP contribution in [0.5, 0.6) is 5.75 Å². The summed E-state index contributed by atoms with van der Waals surface area (Å²) in [6, 6.07) is 9.49. The van der Waals surface area contributed by atoms with Crippen LogP contribution in [0.15, 0.2) is 42.7 Å². The summed E-state index contributed by atoms with van der Waals surface area (Å²) >= 11 is 0. The molecule has 1 aromatic carbocycles. The third kappa shape index (κ3) is 4.10. The van der Waals surface area contributed by atoms with E-state index in [4.69, 9.17) is 4.74 Å². The number of hydrogen-bond acceptors (Lipinski definition) is 4. The molecular formula is C21H23N3O3. The fourth-order valence-electron chi connectivity index (χ4n) is 3.69. The minimum Gasteiger partial charge on any atom is -0.493 e. The van der Waals surface area contributed by atoms with Gasteiger partial charge in [-0.05, 0) is 54.7 Å². The summed E-state index contributed by atoms with van der Waals surface area (Å²) in [7, 11) is 0. The Morgan fingerprint density at radius 2 is 2.22 bits per heavy atom. The molecule has 1 aromatic heterocycles. The van der Waals surface area contributed by atoms with Gasteiger partial charge in [-0.15, -0.1) is 0 Å². The first-order chi connectivity index (χ1) is 13.2. The maximum atomic E-state index is 13.3. The lowest BCUT2D eigenvalue weighted by Gasteiger charge is -2.26. The van der Waals surface area contributed by atoms with Crippen LogP contribution < -0.4 is 10.1 Å². The number of amides is 2. The standard InChI is InChI=1S/C21H23N3O3/c25-20-8-6-18(23-20)14-24(13-15-3-1-9-22-12-15)21(26)17-5-7-19-16(11-17)4-2-10-27-19/h1,3,5,7,9,11-12,18H,2,4,6,8,10,13-14H2,(H,23,25). The number of ether oxygens (including phenoxy) is 1. The predicted molar refractivity (Wildman–Crippen MR) is 100 cm³/mol. The van der Waals surface area contributed by atoms with Crippen molar-refractivity contribution in [1.29, 1.82) is 0 Å². The van der Waals surface area contributed by atoms with Crippen molar-refractivity contribution >= 4 is 11.8 Å². The molecule has 140 valence electrons. The first kappa shape index (κ1) is 17.5. The number of carbonyl (C=O) groups is 2. The van der Waals surface area contributed by atoms with Gasteiger partial charge in [-0.2, -0.15) is 0 Å². The highest BCUT2D eigenvalue weighted by molar-refractivity contribution is 5.94. The largest absolute Gasteiger partial charge is 0.493 e. The summed E-state index contributed by atoms with van der Waals surface area (Å²) in [5.74, 6) is 0.896. The van der Waals surface area contributed by atoms with Crippen LogP contribution in [0.25, 0.3) is 0 Å². The van der Waals surface area contributed by atoms with Crippen LogP contribution in [0.3, 0.4) is 0 Å². The molecule has 6 nitrogen and oxygen atoms in total. The van der Waals surface area contributed by atoms with Gasteiger partial charge in [0, 0.05) is 43.5 Å². The lowest BCUT2D eigenvalue weighted by Crippen LogP contribution is -2.41. The summed E-state index contributed by atoms with van der Waals surface area (Å²) in [5, 5.41) is 2.96. The zero-order valence-electron chi connectivity index (χ0n) is 15.2. The monoisotopic (exact) mass is 365 g/mol. The number of nitrogens with one attached hydrogen (secondary N) is 1. The van der Waals surface area contributed by atoms with E-state index in [1.165, 1.54) is 0 Å². The van der Waals surface area contributed by atoms with E-state index in [2.05, 4.69) is 10.3 Å². The molecule has 2 aromatic rings. The molecule has 1 saturated heterocycles. The summed E-state index contributed by atoms with van der Waals surface area (Å²) in [5.41, 5.74) is 2.71. The van der Waals surface area contributed by atoms with E-state index >= 15 is 0 Å². The van der Waals surface area contributed by atoms with Gasteiger partial charge >= 0.3 is 0 Å². The molecule has 0 saturated carbocycles. The van der Waals surface area contributed by atoms with Gasteiger partial charge < -0.3 is 15.0 Å². The molecule has 2 aliphatic rings. The number of aromatic nitrogens is 1. The highest BCUT2D eigenvalue weighted by Gasteiger charge is 2.26. The Labute approximate surface area is 158 Å². The van der Waals surface area contributed by atoms with Crippen molar-refractivity contribution in [1.82, 2.24) is 15.2 Å². The lowest BCUT2D eigenvalue weighted by molar-refractivity contribution is -0.119. The average molecular weight is 365 g/mol. The van der Waals surface area contributed by atoms with Gasteiger partial charge in [-0.3, -0.25) is 14.6 Å². The van der Waals surface area contributed by atoms with Gasteiger partial charge in [-0.25, -0.2) is 0 Å². The number of aryl methyl sites for hydroxylation is 1. The smallest absolute Gasteiger partial charge is 0.254 e. The Kier molecular flexibility index (Phi) is 5.05. The first-order valence-corrected chi connectivity index (χ1v) is 9.42. The van der Waals surface area contributed by atoms with Crippen molar-refractivity contribution in [3.8, 4) is 5.75 Å². The van der Waals surface area contributed by atoms with Gasteiger partial charge in [0.2, 0.25) is 5.91 Å². The van der Waals surface area contributed by atoms with E-state index in [9.17, 15) is 9.59 Å². The van der Waals surface area contributed by atoms with E-state index in [0.29, 0.717) is 25.1 Å². The fourth-order valence-corrected chi connectivity index (χ4v) is 3.69. The number of pyridine rings is 1. The molecule has 1 fully saturated rings. The molecule has 6 heteroatoms. The second-order valence-electron chi connectivity index (χ2n) is 7.12. The van der Waals surface area contributed by atoms with Crippen LogP contribution in [-0.2, 0) is 17.8 Å². The van der Waals surface area contributed by atoms with Crippen LogP contribution in [0.2, 0.25) is 0 Å². The van der Waals surface area contributed by atoms with Gasteiger partial charge in [0.1, 0.15) is 5.75 Å². The molecule has 0 aliphatic carbocycles. The van der Waals surface area contributed by atoms with Crippen molar-refractivity contribution in [2.45, 2.75) is 38.3 Å². The number of rotatable bonds is 5. The van der Waals surface area contributed by atoms with Gasteiger partial charge in [0.15, 0.2) is 0 Å². The fraction of sp³-hybridized carbons (Fsp3) is 0.381. The van der Waals surface area contributed by atoms with E-state index in [1.807, 2.05) is 30.3 Å². The van der Waals surface area contributed by atoms with Crippen LogP contribution in [-0.4, -0.2) is 40.9 Å². The SMILES string of the molecule is O=C1CCC(CN(Cc2cccnc2)C(=O)c2ccc3c(c2)CCCO3)N1. The lowest BCUT2D eigenvalue weighted by atomic mass is 10.0. The van der Waals surface area contributed by atoms with Crippen molar-refractivity contribution < 1.29 is 14.3 Å². The molecule has 0 spiro atoms. The van der Waals surface area contributed by atoms with Gasteiger partial charge in [0.25, 0.3) is 5.91 Å². The Morgan fingerprint density at radius 3 is 3.00 bits per heavy atom. The van der Waals surface area contributed by atoms with Crippen molar-refractivity contribution in [3.63, 3.8) is 0 Å². The van der Waals surface area contributed by atoms with E-state index in [1.54, 1.807) is 17.3 Å². The normalized spacial score (nSPS) is 18.4. The molecule has 1 N–H and O–H groups in total. The average Bonchev–Trinajstić information content (AvgIpc) is 3.12. The summed E-state index contributed by atoms with van der Waals surface area (Å²) < 4.78 is 5.65. The van der Waals surface area contributed by atoms with Crippen molar-refractivity contribution in [2.75, 3.05) is 13.2 Å². The number of nitrogens with zero attached hydrogens (tertiary/aromatic N) is 2. The topological polar surface area (TPSA) is 71.5 Å². The van der Waals surface area contributed by atoms with Crippen LogP contribution >= 0.6 is 0 Å². The third-order valence-electron chi connectivity index (χ3n) is 5.06. The second-order valence-corrected chi connectivity index (χ2v) is 7.12. The molecular weight excluding hydrogens is 342 g/mol. The molecule has 2 aliphatic heterocycles. The molecule has 4 rings (SSSR count). The highest BCUT2D eigenvalue weighted by Crippen LogP contribution is 2.26. The highest BCUT2D eigenvalue weighted by atomic mass is 16.5. The van der Waals surface area contributed by atoms with E-state index in [-0.39, 0.29) is 17.9 Å². The molecule has 1 atom stereocenters. The Balaban J connectivity index is 1.56. The minimum atomic E-state index is -0.0339. The molecule has 2 amide bonds. The number of fused-ring (bicyclic) bond motifs is 1. The zero-order valence-corrected chi connectivity index (χ0v) is 15.2. The predicted octanol–water partition coefficient (Wildman–Crippen LogP) is 2.33. The van der Waals surface area contributed by atoms with Gasteiger partial charge in [0.05, 0.1) is 6.61 Å². The molecule has 0 bridgehead atoms. The van der Waals surface area contributed by atoms with Crippen LogP contribution in [0.1, 0.15) is 40.7 Å². The van der Waals surface area contributed by atoms with Crippen molar-refractivity contribution in [2.24, 2.45) is 0 Å². The molecule has 27 heavy (non-hydrogen) atoms. The second kappa shape index (κ2) is 7.78. The number of benzene rings is 1. The molecule has 1 unspecified atom stereocenters. The van der Waals surface area contributed by atoms with Gasteiger partial charge in [-0.1, -0.05) is 6.07 Å². The number of carbonyl (C=O) groups excluding carboxylic acids is 2. The van der Waals surface area contributed by atoms with E-state index < -0.39 is 0 Å². The number of hydrogen-bond donors (Lipinski definition) is 1. The molecule has 3 heterocycles. The van der Waals surface area contributed by atoms with Crippen LogP contribution in [0, 0.1) is 0 Å². The summed E-state index contributed by atoms with van der Waals surface area (Å²) in [4.78, 5) is 30.8. The van der Waals surface area contributed by atoms with Crippen molar-refractivity contribution in [3.05, 3.63) is 59.4 Å². The maximum Gasteiger partial charge on any atom is 0.254 e. The zero-order chi connectivity index (χ0) is 18.6. The third-order valence-corrected chi connectivity index (χ3v) is 5.06. The Hall–Kier alpha value is -2.89. The first-order valence-electron chi connectivity index (χ1n) is 9.42. The Bertz CT molecular complexity index is 838. The van der Waals surface area contributed by atoms with Crippen LogP contribution in [0.4, 0.5) is 0 Å². The Morgan fingerprint density at radius 1 is 1.30 bits per heavy atom. The summed E-state index contributed by atoms with van der Waals surface area (Å²) in [6.07, 6.45) is 6.67. The minimum absolute atomic E-state index is 0.000850. The quantitative estimate of drug-likeness (QED) is 0.883.